The summed E-state index contributed by atoms with van der Waals surface area (Å²) in [4.78, 5) is 10.2. The van der Waals surface area contributed by atoms with Gasteiger partial charge in [-0.05, 0) is 43.0 Å². The molecule has 3 aliphatic rings. The summed E-state index contributed by atoms with van der Waals surface area (Å²) in [6.45, 7) is 0. The molecule has 3 nitrogen and oxygen atoms in total. The number of hydrogen-bond acceptors (Lipinski definition) is 3. The summed E-state index contributed by atoms with van der Waals surface area (Å²) in [7, 11) is 0. The lowest BCUT2D eigenvalue weighted by molar-refractivity contribution is 0.436. The lowest BCUT2D eigenvalue weighted by atomic mass is 9.83. The van der Waals surface area contributed by atoms with E-state index in [-0.39, 0.29) is 12.0 Å². The molecule has 0 saturated carbocycles. The van der Waals surface area contributed by atoms with Crippen molar-refractivity contribution in [2.45, 2.75) is 37.6 Å². The van der Waals surface area contributed by atoms with Crippen LogP contribution in [0.4, 0.5) is 0 Å². The van der Waals surface area contributed by atoms with Gasteiger partial charge in [0.25, 0.3) is 0 Å². The Morgan fingerprint density at radius 2 is 1.81 bits per heavy atom. The van der Waals surface area contributed by atoms with E-state index in [1.165, 1.54) is 10.9 Å². The van der Waals surface area contributed by atoms with Crippen LogP contribution in [0.1, 0.15) is 48.5 Å². The fourth-order valence-corrected chi connectivity index (χ4v) is 5.15. The van der Waals surface area contributed by atoms with Crippen LogP contribution in [0.2, 0.25) is 0 Å². The number of halogens is 1. The number of para-hydroxylation sites is 1. The van der Waals surface area contributed by atoms with Crippen LogP contribution >= 0.6 is 15.9 Å². The fraction of sp³-hybridized carbons (Fsp3) is 0.214. The minimum absolute atomic E-state index is 0.0848. The standard InChI is InChI=1S/C28H23BrN2O/c29-20-15-13-18(14-16-20)24-17-25(31-28(30-24)19-7-2-1-3-8-19)23-11-6-10-22-21-9-4-5-12-26(21)32-27(22)23/h2,4-10,12-16,23,25H,1,3,11,17H2. The molecular formula is C28H23BrN2O. The number of allylic oxidation sites excluding steroid dienone is 3. The van der Waals surface area contributed by atoms with Crippen molar-refractivity contribution in [3.05, 3.63) is 99.8 Å². The monoisotopic (exact) mass is 482 g/mol. The molecule has 2 atom stereocenters. The highest BCUT2D eigenvalue weighted by Gasteiger charge is 2.34. The van der Waals surface area contributed by atoms with Gasteiger partial charge in [-0.3, -0.25) is 4.99 Å². The Kier molecular flexibility index (Phi) is 5.03. The Morgan fingerprint density at radius 1 is 0.938 bits per heavy atom. The van der Waals surface area contributed by atoms with Gasteiger partial charge in [0, 0.05) is 33.3 Å². The second-order valence-corrected chi connectivity index (χ2v) is 9.47. The molecule has 0 N–H and O–H groups in total. The quantitative estimate of drug-likeness (QED) is 0.377. The van der Waals surface area contributed by atoms with Gasteiger partial charge in [-0.2, -0.15) is 0 Å². The van der Waals surface area contributed by atoms with Gasteiger partial charge in [0.2, 0.25) is 0 Å². The summed E-state index contributed by atoms with van der Waals surface area (Å²) in [5, 5.41) is 1.18. The van der Waals surface area contributed by atoms with Crippen LogP contribution in [0.15, 0.2) is 97.3 Å². The summed E-state index contributed by atoms with van der Waals surface area (Å²) in [5.41, 5.74) is 5.54. The van der Waals surface area contributed by atoms with E-state index in [1.807, 2.05) is 6.07 Å². The molecule has 0 amide bonds. The first-order valence-electron chi connectivity index (χ1n) is 11.2. The zero-order valence-corrected chi connectivity index (χ0v) is 19.3. The first kappa shape index (κ1) is 19.7. The second kappa shape index (κ2) is 8.18. The summed E-state index contributed by atoms with van der Waals surface area (Å²) in [6, 6.07) is 16.8. The predicted molar refractivity (Wildman–Crippen MR) is 136 cm³/mol. The molecule has 0 saturated heterocycles. The van der Waals surface area contributed by atoms with Crippen LogP contribution < -0.4 is 0 Å². The molecule has 6 rings (SSSR count). The van der Waals surface area contributed by atoms with Crippen molar-refractivity contribution in [2.24, 2.45) is 9.98 Å². The molecule has 2 unspecified atom stereocenters. The average Bonchev–Trinajstić information content (AvgIpc) is 3.24. The maximum absolute atomic E-state index is 6.40. The number of aliphatic imine (C=N–C) groups is 2. The van der Waals surface area contributed by atoms with Crippen molar-refractivity contribution >= 4 is 44.5 Å². The smallest absolute Gasteiger partial charge is 0.154 e. The zero-order valence-electron chi connectivity index (χ0n) is 17.7. The Morgan fingerprint density at radius 3 is 2.66 bits per heavy atom. The van der Waals surface area contributed by atoms with E-state index in [0.29, 0.717) is 0 Å². The molecule has 0 bridgehead atoms. The predicted octanol–water partition coefficient (Wildman–Crippen LogP) is 7.63. The molecule has 3 aromatic rings. The Balaban J connectivity index is 1.43. The molecule has 2 aliphatic carbocycles. The highest BCUT2D eigenvalue weighted by atomic mass is 79.9. The molecule has 158 valence electrons. The molecule has 32 heavy (non-hydrogen) atoms. The average molecular weight is 483 g/mol. The Hall–Kier alpha value is -2.98. The first-order valence-corrected chi connectivity index (χ1v) is 12.0. The number of rotatable bonds is 3. The van der Waals surface area contributed by atoms with E-state index in [0.717, 1.165) is 64.2 Å². The number of nitrogens with zero attached hydrogens (tertiary/aromatic N) is 2. The number of fused-ring (bicyclic) bond motifs is 3. The van der Waals surface area contributed by atoms with Gasteiger partial charge in [-0.1, -0.05) is 76.6 Å². The minimum atomic E-state index is 0.0848. The molecule has 4 heteroatoms. The number of benzene rings is 2. The summed E-state index contributed by atoms with van der Waals surface area (Å²) < 4.78 is 7.47. The zero-order chi connectivity index (χ0) is 21.5. The normalized spacial score (nSPS) is 22.3. The maximum atomic E-state index is 6.40. The second-order valence-electron chi connectivity index (χ2n) is 8.55. The molecule has 2 aromatic carbocycles. The largest absolute Gasteiger partial charge is 0.460 e. The van der Waals surface area contributed by atoms with Crippen molar-refractivity contribution in [2.75, 3.05) is 0 Å². The van der Waals surface area contributed by atoms with Crippen LogP contribution in [0.3, 0.4) is 0 Å². The van der Waals surface area contributed by atoms with Crippen molar-refractivity contribution in [3.8, 4) is 0 Å². The van der Waals surface area contributed by atoms with Gasteiger partial charge in [-0.15, -0.1) is 0 Å². The maximum Gasteiger partial charge on any atom is 0.154 e. The van der Waals surface area contributed by atoms with E-state index in [1.54, 1.807) is 0 Å². The summed E-state index contributed by atoms with van der Waals surface area (Å²) in [5.74, 6) is 2.11. The highest BCUT2D eigenvalue weighted by molar-refractivity contribution is 9.10. The van der Waals surface area contributed by atoms with Gasteiger partial charge < -0.3 is 4.42 Å². The summed E-state index contributed by atoms with van der Waals surface area (Å²) >= 11 is 3.55. The van der Waals surface area contributed by atoms with Crippen molar-refractivity contribution in [1.82, 2.24) is 0 Å². The molecule has 0 fully saturated rings. The van der Waals surface area contributed by atoms with Gasteiger partial charge in [-0.25, -0.2) is 4.99 Å². The van der Waals surface area contributed by atoms with E-state index in [9.17, 15) is 0 Å². The van der Waals surface area contributed by atoms with Gasteiger partial charge in [0.15, 0.2) is 5.84 Å². The van der Waals surface area contributed by atoms with Gasteiger partial charge in [0.1, 0.15) is 11.3 Å². The molecular weight excluding hydrogens is 460 g/mol. The van der Waals surface area contributed by atoms with Crippen LogP contribution in [0, 0.1) is 0 Å². The van der Waals surface area contributed by atoms with Crippen molar-refractivity contribution in [3.63, 3.8) is 0 Å². The topological polar surface area (TPSA) is 37.9 Å². The van der Waals surface area contributed by atoms with Crippen molar-refractivity contribution < 1.29 is 4.42 Å². The molecule has 0 radical (unpaired) electrons. The van der Waals surface area contributed by atoms with Gasteiger partial charge >= 0.3 is 0 Å². The number of furan rings is 1. The molecule has 2 heterocycles. The van der Waals surface area contributed by atoms with E-state index >= 15 is 0 Å². The van der Waals surface area contributed by atoms with E-state index in [4.69, 9.17) is 14.4 Å². The molecule has 1 aliphatic heterocycles. The minimum Gasteiger partial charge on any atom is -0.460 e. The number of hydrogen-bond donors (Lipinski definition) is 0. The summed E-state index contributed by atoms with van der Waals surface area (Å²) in [6.07, 6.45) is 15.0. The fourth-order valence-electron chi connectivity index (χ4n) is 4.88. The van der Waals surface area contributed by atoms with Crippen LogP contribution in [-0.4, -0.2) is 17.6 Å². The third-order valence-electron chi connectivity index (χ3n) is 6.50. The van der Waals surface area contributed by atoms with E-state index in [2.05, 4.69) is 88.8 Å². The van der Waals surface area contributed by atoms with Crippen molar-refractivity contribution in [1.29, 1.82) is 0 Å². The Bertz CT molecular complexity index is 1340. The van der Waals surface area contributed by atoms with Crippen LogP contribution in [0.5, 0.6) is 0 Å². The van der Waals surface area contributed by atoms with Crippen LogP contribution in [0.25, 0.3) is 17.0 Å². The highest BCUT2D eigenvalue weighted by Crippen LogP contribution is 2.41. The molecule has 0 spiro atoms. The van der Waals surface area contributed by atoms with Gasteiger partial charge in [0.05, 0.1) is 11.8 Å². The third-order valence-corrected chi connectivity index (χ3v) is 7.03. The number of amidine groups is 1. The molecule has 1 aromatic heterocycles. The van der Waals surface area contributed by atoms with E-state index < -0.39 is 0 Å². The first-order chi connectivity index (χ1) is 15.8. The lowest BCUT2D eigenvalue weighted by Gasteiger charge is -2.28. The Labute approximate surface area is 196 Å². The SMILES string of the molecule is Brc1ccc(C2=NC(C3=CCCC=C3)=NC(C3CC=Cc4c3oc3ccccc43)C2)cc1. The lowest BCUT2D eigenvalue weighted by Crippen LogP contribution is -2.28. The third kappa shape index (κ3) is 3.53. The van der Waals surface area contributed by atoms with Crippen LogP contribution in [-0.2, 0) is 0 Å².